The highest BCUT2D eigenvalue weighted by Crippen LogP contribution is 2.30. The Balaban J connectivity index is 1.82. The van der Waals surface area contributed by atoms with Crippen molar-refractivity contribution in [2.75, 3.05) is 0 Å². The van der Waals surface area contributed by atoms with Gasteiger partial charge in [0.15, 0.2) is 0 Å². The van der Waals surface area contributed by atoms with Crippen LogP contribution < -0.4 is 0 Å². The van der Waals surface area contributed by atoms with E-state index in [1.807, 2.05) is 0 Å². The van der Waals surface area contributed by atoms with E-state index in [0.717, 1.165) is 5.56 Å². The summed E-state index contributed by atoms with van der Waals surface area (Å²) < 4.78 is 13.2. The topological polar surface area (TPSA) is 63.7 Å². The normalized spacial score (nSPS) is 15.2. The van der Waals surface area contributed by atoms with Gasteiger partial charge in [-0.05, 0) is 35.4 Å². The fourth-order valence-electron chi connectivity index (χ4n) is 2.78. The number of imide groups is 1. The van der Waals surface area contributed by atoms with E-state index in [1.165, 1.54) is 12.1 Å². The van der Waals surface area contributed by atoms with E-state index in [-0.39, 0.29) is 25.1 Å². The Bertz CT molecular complexity index is 774. The average molecular weight is 376 g/mol. The SMILES string of the molecule is O=C(C[C@H](c1ccc(F)cc1)c1ccc(Cl)cc1)ON1C(=O)CCC1=O. The van der Waals surface area contributed by atoms with E-state index >= 15 is 0 Å². The molecule has 7 heteroatoms. The summed E-state index contributed by atoms with van der Waals surface area (Å²) in [6.07, 6.45) is -0.0559. The molecule has 0 spiro atoms. The summed E-state index contributed by atoms with van der Waals surface area (Å²) in [5.41, 5.74) is 1.47. The minimum Gasteiger partial charge on any atom is -0.330 e. The highest BCUT2D eigenvalue weighted by Gasteiger charge is 2.33. The molecule has 1 fully saturated rings. The van der Waals surface area contributed by atoms with Crippen molar-refractivity contribution in [2.45, 2.75) is 25.2 Å². The third-order valence-electron chi connectivity index (χ3n) is 4.11. The van der Waals surface area contributed by atoms with Gasteiger partial charge in [-0.25, -0.2) is 9.18 Å². The summed E-state index contributed by atoms with van der Waals surface area (Å²) in [5, 5.41) is 1.06. The highest BCUT2D eigenvalue weighted by atomic mass is 35.5. The second-order valence-electron chi connectivity index (χ2n) is 5.90. The van der Waals surface area contributed by atoms with E-state index in [4.69, 9.17) is 16.4 Å². The van der Waals surface area contributed by atoms with Gasteiger partial charge in [0.25, 0.3) is 11.8 Å². The summed E-state index contributed by atoms with van der Waals surface area (Å²) in [5.74, 6) is -2.62. The molecule has 0 unspecified atom stereocenters. The first-order valence-electron chi connectivity index (χ1n) is 8.01. The first-order chi connectivity index (χ1) is 12.4. The lowest BCUT2D eigenvalue weighted by Crippen LogP contribution is -2.32. The van der Waals surface area contributed by atoms with Crippen molar-refractivity contribution in [1.82, 2.24) is 5.06 Å². The molecular weight excluding hydrogens is 361 g/mol. The Morgan fingerprint density at radius 2 is 1.50 bits per heavy atom. The summed E-state index contributed by atoms with van der Waals surface area (Å²) in [4.78, 5) is 40.4. The Morgan fingerprint density at radius 3 is 2.04 bits per heavy atom. The number of hydrogen-bond acceptors (Lipinski definition) is 4. The molecule has 1 atom stereocenters. The molecule has 0 saturated carbocycles. The molecule has 0 aliphatic carbocycles. The van der Waals surface area contributed by atoms with Crippen molar-refractivity contribution < 1.29 is 23.6 Å². The van der Waals surface area contributed by atoms with Crippen molar-refractivity contribution >= 4 is 29.4 Å². The largest absolute Gasteiger partial charge is 0.334 e. The molecule has 0 aromatic heterocycles. The fourth-order valence-corrected chi connectivity index (χ4v) is 2.91. The molecular formula is C19H15ClFNO4. The molecule has 2 amide bonds. The van der Waals surface area contributed by atoms with Gasteiger partial charge in [-0.1, -0.05) is 35.9 Å². The number of hydroxylamine groups is 2. The number of hydrogen-bond donors (Lipinski definition) is 0. The van der Waals surface area contributed by atoms with Gasteiger partial charge in [0.1, 0.15) is 5.82 Å². The highest BCUT2D eigenvalue weighted by molar-refractivity contribution is 6.30. The van der Waals surface area contributed by atoms with Gasteiger partial charge in [-0.2, -0.15) is 0 Å². The molecule has 3 rings (SSSR count). The molecule has 5 nitrogen and oxygen atoms in total. The zero-order valence-corrected chi connectivity index (χ0v) is 14.4. The minimum atomic E-state index is -0.724. The molecule has 1 saturated heterocycles. The number of carbonyl (C=O) groups is 3. The quantitative estimate of drug-likeness (QED) is 0.749. The molecule has 1 aliphatic rings. The molecule has 26 heavy (non-hydrogen) atoms. The predicted octanol–water partition coefficient (Wildman–Crippen LogP) is 3.61. The predicted molar refractivity (Wildman–Crippen MR) is 91.5 cm³/mol. The lowest BCUT2D eigenvalue weighted by Gasteiger charge is -2.19. The van der Waals surface area contributed by atoms with Gasteiger partial charge in [0, 0.05) is 23.8 Å². The number of benzene rings is 2. The maximum Gasteiger partial charge on any atom is 0.334 e. The number of carbonyl (C=O) groups excluding carboxylic acids is 3. The van der Waals surface area contributed by atoms with Crippen molar-refractivity contribution in [3.05, 3.63) is 70.5 Å². The van der Waals surface area contributed by atoms with E-state index in [1.54, 1.807) is 36.4 Å². The van der Waals surface area contributed by atoms with Gasteiger partial charge < -0.3 is 4.84 Å². The van der Waals surface area contributed by atoms with Crippen LogP contribution in [0.4, 0.5) is 4.39 Å². The minimum absolute atomic E-state index is 0.0324. The third-order valence-corrected chi connectivity index (χ3v) is 4.37. The van der Waals surface area contributed by atoms with E-state index in [0.29, 0.717) is 15.6 Å². The maximum atomic E-state index is 13.2. The summed E-state index contributed by atoms with van der Waals surface area (Å²) in [7, 11) is 0. The van der Waals surface area contributed by atoms with Gasteiger partial charge in [0.05, 0.1) is 6.42 Å². The molecule has 1 aliphatic heterocycles. The van der Waals surface area contributed by atoms with Crippen molar-refractivity contribution in [2.24, 2.45) is 0 Å². The first kappa shape index (κ1) is 18.1. The fraction of sp³-hybridized carbons (Fsp3) is 0.211. The van der Waals surface area contributed by atoms with Crippen LogP contribution in [0.25, 0.3) is 0 Å². The van der Waals surface area contributed by atoms with E-state index in [2.05, 4.69) is 0 Å². The lowest BCUT2D eigenvalue weighted by atomic mass is 9.88. The standard InChI is InChI=1S/C19H15ClFNO4/c20-14-5-1-12(2-6-14)16(13-3-7-15(21)8-4-13)11-19(25)26-22-17(23)9-10-18(22)24/h1-8,16H,9-11H2/t16-/m0/s1. The molecule has 134 valence electrons. The Morgan fingerprint density at radius 1 is 1.00 bits per heavy atom. The van der Waals surface area contributed by atoms with Gasteiger partial charge in [-0.15, -0.1) is 5.06 Å². The Kier molecular flexibility index (Phi) is 5.32. The number of nitrogens with zero attached hydrogens (tertiary/aromatic N) is 1. The second-order valence-corrected chi connectivity index (χ2v) is 6.34. The molecule has 0 radical (unpaired) electrons. The van der Waals surface area contributed by atoms with Crippen molar-refractivity contribution in [1.29, 1.82) is 0 Å². The van der Waals surface area contributed by atoms with Crippen LogP contribution >= 0.6 is 11.6 Å². The van der Waals surface area contributed by atoms with Crippen molar-refractivity contribution in [3.8, 4) is 0 Å². The molecule has 0 N–H and O–H groups in total. The Hall–Kier alpha value is -2.73. The van der Waals surface area contributed by atoms with Crippen LogP contribution in [0, 0.1) is 5.82 Å². The van der Waals surface area contributed by atoms with Gasteiger partial charge in [0.2, 0.25) is 0 Å². The average Bonchev–Trinajstić information content (AvgIpc) is 2.93. The smallest absolute Gasteiger partial charge is 0.330 e. The van der Waals surface area contributed by atoms with Crippen LogP contribution in [0.1, 0.15) is 36.3 Å². The number of halogens is 2. The van der Waals surface area contributed by atoms with E-state index in [9.17, 15) is 18.8 Å². The van der Waals surface area contributed by atoms with Gasteiger partial charge in [-0.3, -0.25) is 9.59 Å². The molecule has 2 aromatic rings. The molecule has 0 bridgehead atoms. The van der Waals surface area contributed by atoms with Crippen LogP contribution in [0.3, 0.4) is 0 Å². The van der Waals surface area contributed by atoms with Crippen LogP contribution in [-0.4, -0.2) is 22.8 Å². The second kappa shape index (κ2) is 7.66. The molecule has 1 heterocycles. The third kappa shape index (κ3) is 4.08. The van der Waals surface area contributed by atoms with Crippen molar-refractivity contribution in [3.63, 3.8) is 0 Å². The first-order valence-corrected chi connectivity index (χ1v) is 8.39. The van der Waals surface area contributed by atoms with Crippen LogP contribution in [0.15, 0.2) is 48.5 Å². The number of rotatable bonds is 5. The lowest BCUT2D eigenvalue weighted by molar-refractivity contribution is -0.197. The summed E-state index contributed by atoms with van der Waals surface area (Å²) in [6.45, 7) is 0. The van der Waals surface area contributed by atoms with Crippen LogP contribution in [-0.2, 0) is 19.2 Å². The zero-order valence-electron chi connectivity index (χ0n) is 13.7. The van der Waals surface area contributed by atoms with Crippen LogP contribution in [0.5, 0.6) is 0 Å². The molecule has 2 aromatic carbocycles. The summed E-state index contributed by atoms with van der Waals surface area (Å²) >= 11 is 5.91. The maximum absolute atomic E-state index is 13.2. The number of amides is 2. The summed E-state index contributed by atoms with van der Waals surface area (Å²) in [6, 6.07) is 12.7. The monoisotopic (exact) mass is 375 g/mol. The zero-order chi connectivity index (χ0) is 18.7. The van der Waals surface area contributed by atoms with Crippen LogP contribution in [0.2, 0.25) is 5.02 Å². The Labute approximate surface area is 154 Å². The van der Waals surface area contributed by atoms with Gasteiger partial charge >= 0.3 is 5.97 Å². The van der Waals surface area contributed by atoms with E-state index < -0.39 is 23.7 Å².